The van der Waals surface area contributed by atoms with Gasteiger partial charge in [0.1, 0.15) is 0 Å². The Kier molecular flexibility index (Phi) is 7.20. The number of benzene rings is 1. The summed E-state index contributed by atoms with van der Waals surface area (Å²) in [5.41, 5.74) is 6.49. The molecule has 0 fully saturated rings. The largest absolute Gasteiger partial charge is 0.0651 e. The zero-order valence-electron chi connectivity index (χ0n) is 13.7. The van der Waals surface area contributed by atoms with Gasteiger partial charge < -0.3 is 0 Å². The molecule has 1 rings (SSSR count). The first-order valence-corrected chi connectivity index (χ1v) is 8.32. The van der Waals surface area contributed by atoms with E-state index in [0.717, 1.165) is 0 Å². The van der Waals surface area contributed by atoms with Gasteiger partial charge in [0.2, 0.25) is 0 Å². The first kappa shape index (κ1) is 16.3. The van der Waals surface area contributed by atoms with Crippen LogP contribution in [0.15, 0.2) is 12.1 Å². The number of hydrogen-bond donors (Lipinski definition) is 0. The molecule has 1 aromatic rings. The second-order valence-corrected chi connectivity index (χ2v) is 5.89. The molecule has 0 aliphatic heterocycles. The fraction of sp³-hybridized carbons (Fsp3) is 0.684. The van der Waals surface area contributed by atoms with Gasteiger partial charge in [-0.25, -0.2) is 0 Å². The highest BCUT2D eigenvalue weighted by Gasteiger charge is 2.14. The zero-order chi connectivity index (χ0) is 14.3. The highest BCUT2D eigenvalue weighted by Crippen LogP contribution is 2.30. The molecule has 0 aliphatic carbocycles. The molecule has 0 spiro atoms. The standard InChI is InChI=1S/C19H32/c1-6-10-16-13-17(11-7-2)19(15(5)9-4)18(14-16)12-8-3/h13-15H,6-12H2,1-5H3. The van der Waals surface area contributed by atoms with Gasteiger partial charge in [-0.1, -0.05) is 66.0 Å². The third kappa shape index (κ3) is 4.37. The minimum Gasteiger partial charge on any atom is -0.0651 e. The summed E-state index contributed by atoms with van der Waals surface area (Å²) < 4.78 is 0. The Morgan fingerprint density at radius 2 is 1.26 bits per heavy atom. The van der Waals surface area contributed by atoms with Crippen molar-refractivity contribution >= 4 is 0 Å². The normalized spacial score (nSPS) is 12.7. The summed E-state index contributed by atoms with van der Waals surface area (Å²) in [5.74, 6) is 0.707. The minimum absolute atomic E-state index is 0.707. The fourth-order valence-electron chi connectivity index (χ4n) is 3.07. The molecule has 0 saturated heterocycles. The van der Waals surface area contributed by atoms with Crippen LogP contribution >= 0.6 is 0 Å². The number of rotatable bonds is 8. The van der Waals surface area contributed by atoms with E-state index in [0.29, 0.717) is 5.92 Å². The molecule has 0 saturated carbocycles. The second-order valence-electron chi connectivity index (χ2n) is 5.89. The maximum Gasteiger partial charge on any atom is -0.0188 e. The molecule has 0 bridgehead atoms. The third-order valence-corrected chi connectivity index (χ3v) is 4.09. The molecular formula is C19H32. The molecule has 0 N–H and O–H groups in total. The van der Waals surface area contributed by atoms with Crippen molar-refractivity contribution in [1.29, 1.82) is 0 Å². The highest BCUT2D eigenvalue weighted by atomic mass is 14.2. The number of aryl methyl sites for hydroxylation is 3. The van der Waals surface area contributed by atoms with E-state index in [4.69, 9.17) is 0 Å². The van der Waals surface area contributed by atoms with Gasteiger partial charge in [-0.15, -0.1) is 0 Å². The Hall–Kier alpha value is -0.780. The van der Waals surface area contributed by atoms with Crippen LogP contribution in [0.3, 0.4) is 0 Å². The fourth-order valence-corrected chi connectivity index (χ4v) is 3.07. The van der Waals surface area contributed by atoms with Crippen LogP contribution < -0.4 is 0 Å². The smallest absolute Gasteiger partial charge is 0.0188 e. The van der Waals surface area contributed by atoms with Gasteiger partial charge in [-0.2, -0.15) is 0 Å². The maximum absolute atomic E-state index is 2.49. The van der Waals surface area contributed by atoms with Crippen LogP contribution in [-0.4, -0.2) is 0 Å². The monoisotopic (exact) mass is 260 g/mol. The Morgan fingerprint density at radius 3 is 1.63 bits per heavy atom. The Balaban J connectivity index is 3.27. The van der Waals surface area contributed by atoms with Gasteiger partial charge in [0.25, 0.3) is 0 Å². The van der Waals surface area contributed by atoms with Crippen molar-refractivity contribution in [3.05, 3.63) is 34.4 Å². The lowest BCUT2D eigenvalue weighted by atomic mass is 9.84. The summed E-state index contributed by atoms with van der Waals surface area (Å²) >= 11 is 0. The Morgan fingerprint density at radius 1 is 0.789 bits per heavy atom. The minimum atomic E-state index is 0.707. The Labute approximate surface area is 120 Å². The molecular weight excluding hydrogens is 228 g/mol. The molecule has 0 heterocycles. The van der Waals surface area contributed by atoms with Gasteiger partial charge in [-0.05, 0) is 53.9 Å². The lowest BCUT2D eigenvalue weighted by Gasteiger charge is -2.21. The van der Waals surface area contributed by atoms with Crippen molar-refractivity contribution in [3.8, 4) is 0 Å². The van der Waals surface area contributed by atoms with Crippen molar-refractivity contribution in [2.45, 2.75) is 85.5 Å². The lowest BCUT2D eigenvalue weighted by molar-refractivity contribution is 0.700. The topological polar surface area (TPSA) is 0 Å². The summed E-state index contributed by atoms with van der Waals surface area (Å²) in [4.78, 5) is 0. The van der Waals surface area contributed by atoms with E-state index in [1.54, 1.807) is 22.3 Å². The molecule has 0 aromatic heterocycles. The molecule has 0 amide bonds. The van der Waals surface area contributed by atoms with Crippen LogP contribution in [0.4, 0.5) is 0 Å². The van der Waals surface area contributed by atoms with Crippen molar-refractivity contribution in [2.24, 2.45) is 0 Å². The SMILES string of the molecule is CCCc1cc(CCC)c(C(C)CC)c(CCC)c1. The van der Waals surface area contributed by atoms with Crippen LogP contribution in [0, 0.1) is 0 Å². The van der Waals surface area contributed by atoms with E-state index in [-0.39, 0.29) is 0 Å². The summed E-state index contributed by atoms with van der Waals surface area (Å²) in [6.07, 6.45) is 8.73. The van der Waals surface area contributed by atoms with E-state index < -0.39 is 0 Å². The van der Waals surface area contributed by atoms with Crippen molar-refractivity contribution in [3.63, 3.8) is 0 Å². The van der Waals surface area contributed by atoms with Crippen LogP contribution in [0.2, 0.25) is 0 Å². The predicted octanol–water partition coefficient (Wildman–Crippen LogP) is 6.06. The quantitative estimate of drug-likeness (QED) is 0.533. The van der Waals surface area contributed by atoms with Crippen molar-refractivity contribution in [2.75, 3.05) is 0 Å². The van der Waals surface area contributed by atoms with E-state index in [1.165, 1.54) is 44.9 Å². The zero-order valence-corrected chi connectivity index (χ0v) is 13.7. The first-order valence-electron chi connectivity index (χ1n) is 8.32. The summed E-state index contributed by atoms with van der Waals surface area (Å²) in [6, 6.07) is 4.99. The van der Waals surface area contributed by atoms with Crippen LogP contribution in [-0.2, 0) is 19.3 Å². The highest BCUT2D eigenvalue weighted by molar-refractivity contribution is 5.42. The first-order chi connectivity index (χ1) is 9.17. The van der Waals surface area contributed by atoms with Gasteiger partial charge in [-0.3, -0.25) is 0 Å². The van der Waals surface area contributed by atoms with E-state index in [1.807, 2.05) is 0 Å². The van der Waals surface area contributed by atoms with E-state index in [9.17, 15) is 0 Å². The Bertz CT molecular complexity index is 349. The lowest BCUT2D eigenvalue weighted by Crippen LogP contribution is -2.06. The molecule has 0 aliphatic rings. The summed E-state index contributed by atoms with van der Waals surface area (Å²) in [6.45, 7) is 11.6. The van der Waals surface area contributed by atoms with Gasteiger partial charge in [0, 0.05) is 0 Å². The molecule has 0 heteroatoms. The van der Waals surface area contributed by atoms with Crippen LogP contribution in [0.1, 0.15) is 88.5 Å². The summed E-state index contributed by atoms with van der Waals surface area (Å²) in [7, 11) is 0. The second kappa shape index (κ2) is 8.40. The average molecular weight is 260 g/mol. The maximum atomic E-state index is 2.49. The molecule has 1 unspecified atom stereocenters. The predicted molar refractivity (Wildman–Crippen MR) is 87.1 cm³/mol. The van der Waals surface area contributed by atoms with E-state index >= 15 is 0 Å². The summed E-state index contributed by atoms with van der Waals surface area (Å²) in [5, 5.41) is 0. The van der Waals surface area contributed by atoms with Crippen LogP contribution in [0.25, 0.3) is 0 Å². The molecule has 0 radical (unpaired) electrons. The van der Waals surface area contributed by atoms with Gasteiger partial charge >= 0.3 is 0 Å². The van der Waals surface area contributed by atoms with Gasteiger partial charge in [0.15, 0.2) is 0 Å². The average Bonchev–Trinajstić information content (AvgIpc) is 2.39. The molecule has 1 aromatic carbocycles. The molecule has 0 nitrogen and oxygen atoms in total. The van der Waals surface area contributed by atoms with Gasteiger partial charge in [0.05, 0.1) is 0 Å². The van der Waals surface area contributed by atoms with Crippen molar-refractivity contribution in [1.82, 2.24) is 0 Å². The third-order valence-electron chi connectivity index (χ3n) is 4.09. The van der Waals surface area contributed by atoms with Crippen molar-refractivity contribution < 1.29 is 0 Å². The molecule has 19 heavy (non-hydrogen) atoms. The van der Waals surface area contributed by atoms with Crippen LogP contribution in [0.5, 0.6) is 0 Å². The van der Waals surface area contributed by atoms with E-state index in [2.05, 4.69) is 46.8 Å². The number of hydrogen-bond acceptors (Lipinski definition) is 0. The molecule has 108 valence electrons. The molecule has 1 atom stereocenters.